The van der Waals surface area contributed by atoms with Gasteiger partial charge >= 0.3 is 0 Å². The van der Waals surface area contributed by atoms with E-state index >= 15 is 0 Å². The highest BCUT2D eigenvalue weighted by atomic mass is 14.1. The van der Waals surface area contributed by atoms with Gasteiger partial charge in [0.1, 0.15) is 0 Å². The van der Waals surface area contributed by atoms with Crippen molar-refractivity contribution in [3.05, 3.63) is 83.4 Å². The van der Waals surface area contributed by atoms with Gasteiger partial charge in [0.25, 0.3) is 0 Å². The Balaban J connectivity index is 2.12. The Hall–Kier alpha value is -2.60. The molecule has 0 amide bonds. The molecule has 0 heteroatoms. The van der Waals surface area contributed by atoms with Crippen LogP contribution in [0, 0.1) is 20.8 Å². The minimum atomic E-state index is 1.31. The molecule has 0 spiro atoms. The monoisotopic (exact) mass is 296 g/mol. The van der Waals surface area contributed by atoms with E-state index in [0.717, 1.165) is 0 Å². The molecule has 23 heavy (non-hydrogen) atoms. The molecule has 0 unspecified atom stereocenters. The molecule has 4 aromatic rings. The van der Waals surface area contributed by atoms with Crippen molar-refractivity contribution in [2.24, 2.45) is 0 Å². The van der Waals surface area contributed by atoms with Crippen LogP contribution in [0.25, 0.3) is 32.7 Å². The van der Waals surface area contributed by atoms with Crippen LogP contribution in [-0.4, -0.2) is 0 Å². The van der Waals surface area contributed by atoms with Crippen molar-refractivity contribution >= 4 is 21.5 Å². The average Bonchev–Trinajstić information content (AvgIpc) is 2.57. The second kappa shape index (κ2) is 5.24. The Bertz CT molecular complexity index is 1040. The van der Waals surface area contributed by atoms with Crippen molar-refractivity contribution in [1.82, 2.24) is 0 Å². The lowest BCUT2D eigenvalue weighted by molar-refractivity contribution is 1.47. The predicted molar refractivity (Wildman–Crippen MR) is 101 cm³/mol. The molecule has 0 atom stereocenters. The second-order valence-electron chi connectivity index (χ2n) is 6.45. The first-order valence-electron chi connectivity index (χ1n) is 8.14. The number of benzene rings is 4. The standard InChI is InChI=1S/C23H20/c1-15-8-11-22-21(13-10-17(3)23(22)14-15)20-12-9-16(2)18-6-4-5-7-19(18)20/h4-14H,1-3H3. The van der Waals surface area contributed by atoms with E-state index in [9.17, 15) is 0 Å². The van der Waals surface area contributed by atoms with E-state index in [1.807, 2.05) is 0 Å². The highest BCUT2D eigenvalue weighted by Crippen LogP contribution is 2.36. The van der Waals surface area contributed by atoms with Gasteiger partial charge in [-0.2, -0.15) is 0 Å². The summed E-state index contributed by atoms with van der Waals surface area (Å²) in [7, 11) is 0. The van der Waals surface area contributed by atoms with Gasteiger partial charge < -0.3 is 0 Å². The summed E-state index contributed by atoms with van der Waals surface area (Å²) in [4.78, 5) is 0. The fraction of sp³-hybridized carbons (Fsp3) is 0.130. The minimum absolute atomic E-state index is 1.31. The first-order chi connectivity index (χ1) is 11.1. The van der Waals surface area contributed by atoms with Crippen molar-refractivity contribution in [3.63, 3.8) is 0 Å². The fourth-order valence-electron chi connectivity index (χ4n) is 3.53. The van der Waals surface area contributed by atoms with E-state index in [-0.39, 0.29) is 0 Å². The summed E-state index contributed by atoms with van der Waals surface area (Å²) in [5.41, 5.74) is 6.62. The van der Waals surface area contributed by atoms with Gasteiger partial charge in [-0.15, -0.1) is 0 Å². The quantitative estimate of drug-likeness (QED) is 0.372. The zero-order valence-corrected chi connectivity index (χ0v) is 13.9. The molecule has 0 aliphatic carbocycles. The van der Waals surface area contributed by atoms with Crippen LogP contribution in [0.4, 0.5) is 0 Å². The first kappa shape index (κ1) is 14.0. The third kappa shape index (κ3) is 2.22. The number of hydrogen-bond donors (Lipinski definition) is 0. The molecule has 0 bridgehead atoms. The van der Waals surface area contributed by atoms with E-state index in [2.05, 4.69) is 87.5 Å². The molecule has 4 aromatic carbocycles. The maximum atomic E-state index is 2.30. The molecular weight excluding hydrogens is 276 g/mol. The molecule has 0 saturated heterocycles. The molecule has 0 aromatic heterocycles. The zero-order valence-electron chi connectivity index (χ0n) is 13.9. The summed E-state index contributed by atoms with van der Waals surface area (Å²) in [5.74, 6) is 0. The summed E-state index contributed by atoms with van der Waals surface area (Å²) in [6.45, 7) is 6.54. The van der Waals surface area contributed by atoms with Crippen LogP contribution in [-0.2, 0) is 0 Å². The lowest BCUT2D eigenvalue weighted by Crippen LogP contribution is -1.88. The van der Waals surface area contributed by atoms with Crippen LogP contribution in [0.15, 0.2) is 66.7 Å². The van der Waals surface area contributed by atoms with E-state index < -0.39 is 0 Å². The van der Waals surface area contributed by atoms with Crippen molar-refractivity contribution in [2.45, 2.75) is 20.8 Å². The number of hydrogen-bond acceptors (Lipinski definition) is 0. The topological polar surface area (TPSA) is 0 Å². The molecule has 0 aliphatic heterocycles. The molecule has 0 saturated carbocycles. The summed E-state index contributed by atoms with van der Waals surface area (Å²) in [6, 6.07) is 24.5. The fourth-order valence-corrected chi connectivity index (χ4v) is 3.53. The number of aryl methyl sites for hydroxylation is 3. The van der Waals surface area contributed by atoms with Crippen LogP contribution >= 0.6 is 0 Å². The van der Waals surface area contributed by atoms with Crippen LogP contribution in [0.3, 0.4) is 0 Å². The van der Waals surface area contributed by atoms with Gasteiger partial charge in [0.15, 0.2) is 0 Å². The van der Waals surface area contributed by atoms with Crippen LogP contribution in [0.2, 0.25) is 0 Å². The number of rotatable bonds is 1. The van der Waals surface area contributed by atoms with Crippen molar-refractivity contribution in [3.8, 4) is 11.1 Å². The highest BCUT2D eigenvalue weighted by Gasteiger charge is 2.10. The molecule has 0 aliphatic rings. The molecule has 0 nitrogen and oxygen atoms in total. The largest absolute Gasteiger partial charge is 0.0616 e. The second-order valence-corrected chi connectivity index (χ2v) is 6.45. The molecule has 0 fully saturated rings. The predicted octanol–water partition coefficient (Wildman–Crippen LogP) is 6.59. The Morgan fingerprint density at radius 1 is 0.478 bits per heavy atom. The average molecular weight is 296 g/mol. The lowest BCUT2D eigenvalue weighted by Gasteiger charge is -2.13. The summed E-state index contributed by atoms with van der Waals surface area (Å²) in [5, 5.41) is 5.36. The molecule has 0 heterocycles. The maximum absolute atomic E-state index is 2.30. The van der Waals surface area contributed by atoms with E-state index in [1.165, 1.54) is 49.4 Å². The third-order valence-corrected chi connectivity index (χ3v) is 4.82. The normalized spacial score (nSPS) is 11.3. The SMILES string of the molecule is Cc1ccc2c(-c3ccc(C)c4ccccc34)ccc(C)c2c1. The highest BCUT2D eigenvalue weighted by molar-refractivity contribution is 6.07. The first-order valence-corrected chi connectivity index (χ1v) is 8.14. The molecule has 4 rings (SSSR count). The van der Waals surface area contributed by atoms with Crippen LogP contribution in [0.1, 0.15) is 16.7 Å². The van der Waals surface area contributed by atoms with E-state index in [0.29, 0.717) is 0 Å². The molecule has 0 N–H and O–H groups in total. The van der Waals surface area contributed by atoms with Crippen molar-refractivity contribution < 1.29 is 0 Å². The van der Waals surface area contributed by atoms with Crippen LogP contribution in [0.5, 0.6) is 0 Å². The summed E-state index contributed by atoms with van der Waals surface area (Å²) < 4.78 is 0. The molecule has 0 radical (unpaired) electrons. The Morgan fingerprint density at radius 2 is 1.04 bits per heavy atom. The van der Waals surface area contributed by atoms with Crippen LogP contribution < -0.4 is 0 Å². The van der Waals surface area contributed by atoms with E-state index in [1.54, 1.807) is 0 Å². The van der Waals surface area contributed by atoms with Crippen molar-refractivity contribution in [1.29, 1.82) is 0 Å². The smallest absolute Gasteiger partial charge is 0.00990 e. The molecule has 112 valence electrons. The minimum Gasteiger partial charge on any atom is -0.0616 e. The Kier molecular flexibility index (Phi) is 3.20. The summed E-state index contributed by atoms with van der Waals surface area (Å²) in [6.07, 6.45) is 0. The maximum Gasteiger partial charge on any atom is -0.00990 e. The lowest BCUT2D eigenvalue weighted by atomic mass is 9.90. The van der Waals surface area contributed by atoms with Gasteiger partial charge in [0.05, 0.1) is 0 Å². The van der Waals surface area contributed by atoms with Gasteiger partial charge in [-0.3, -0.25) is 0 Å². The van der Waals surface area contributed by atoms with Gasteiger partial charge in [0, 0.05) is 0 Å². The Morgan fingerprint density at radius 3 is 1.74 bits per heavy atom. The van der Waals surface area contributed by atoms with Gasteiger partial charge in [-0.25, -0.2) is 0 Å². The number of fused-ring (bicyclic) bond motifs is 2. The zero-order chi connectivity index (χ0) is 16.0. The third-order valence-electron chi connectivity index (χ3n) is 4.82. The Labute approximate surface area is 137 Å². The van der Waals surface area contributed by atoms with Gasteiger partial charge in [-0.1, -0.05) is 72.3 Å². The molecular formula is C23H20. The van der Waals surface area contributed by atoms with Gasteiger partial charge in [-0.05, 0) is 64.6 Å². The van der Waals surface area contributed by atoms with Gasteiger partial charge in [0.2, 0.25) is 0 Å². The summed E-state index contributed by atoms with van der Waals surface area (Å²) >= 11 is 0. The van der Waals surface area contributed by atoms with Crippen molar-refractivity contribution in [2.75, 3.05) is 0 Å². The van der Waals surface area contributed by atoms with E-state index in [4.69, 9.17) is 0 Å².